The van der Waals surface area contributed by atoms with Crippen LogP contribution in [-0.2, 0) is 6.54 Å². The lowest BCUT2D eigenvalue weighted by Gasteiger charge is -2.35. The molecule has 0 saturated carbocycles. The van der Waals surface area contributed by atoms with Crippen molar-refractivity contribution in [3.05, 3.63) is 29.8 Å². The van der Waals surface area contributed by atoms with Crippen LogP contribution in [0.15, 0.2) is 29.3 Å². The van der Waals surface area contributed by atoms with Crippen LogP contribution in [0.25, 0.3) is 0 Å². The van der Waals surface area contributed by atoms with Gasteiger partial charge in [0.25, 0.3) is 0 Å². The van der Waals surface area contributed by atoms with Gasteiger partial charge in [-0.25, -0.2) is 0 Å². The second-order valence-corrected chi connectivity index (χ2v) is 7.96. The molecule has 0 unspecified atom stereocenters. The van der Waals surface area contributed by atoms with Gasteiger partial charge in [0.15, 0.2) is 5.96 Å². The molecule has 0 amide bonds. The molecule has 1 aromatic rings. The molecular formula is C23H42IN5O. The molecule has 0 atom stereocenters. The molecule has 1 fully saturated rings. The van der Waals surface area contributed by atoms with E-state index in [0.29, 0.717) is 25.2 Å². The van der Waals surface area contributed by atoms with Crippen molar-refractivity contribution in [2.45, 2.75) is 59.2 Å². The number of likely N-dealkylation sites (N-methyl/N-ethyl adjacent to an activating group) is 1. The summed E-state index contributed by atoms with van der Waals surface area (Å²) in [4.78, 5) is 9.34. The summed E-state index contributed by atoms with van der Waals surface area (Å²) in [5.41, 5.74) is 1.16. The minimum absolute atomic E-state index is 0. The molecule has 0 bridgehead atoms. The smallest absolute Gasteiger partial charge is 0.191 e. The topological polar surface area (TPSA) is 52.1 Å². The average Bonchev–Trinajstić information content (AvgIpc) is 2.75. The molecule has 6 nitrogen and oxygen atoms in total. The van der Waals surface area contributed by atoms with E-state index in [2.05, 4.69) is 71.3 Å². The van der Waals surface area contributed by atoms with Gasteiger partial charge in [-0.15, -0.1) is 24.0 Å². The molecule has 2 N–H and O–H groups in total. The second kappa shape index (κ2) is 14.9. The van der Waals surface area contributed by atoms with Crippen molar-refractivity contribution in [1.29, 1.82) is 0 Å². The molecule has 1 saturated heterocycles. The number of hydrogen-bond acceptors (Lipinski definition) is 4. The molecule has 0 aromatic heterocycles. The maximum absolute atomic E-state index is 6.07. The molecule has 1 aliphatic rings. The summed E-state index contributed by atoms with van der Waals surface area (Å²) in [6.07, 6.45) is 2.31. The SMILES string of the molecule is CCN(CC)CCOc1ccccc1CNC(=NC)NC1CCN(C(C)C)CC1.I. The third kappa shape index (κ3) is 8.98. The van der Waals surface area contributed by atoms with Gasteiger partial charge in [-0.05, 0) is 45.8 Å². The maximum Gasteiger partial charge on any atom is 0.191 e. The van der Waals surface area contributed by atoms with Crippen LogP contribution in [0.3, 0.4) is 0 Å². The minimum Gasteiger partial charge on any atom is -0.492 e. The van der Waals surface area contributed by atoms with Crippen molar-refractivity contribution >= 4 is 29.9 Å². The summed E-state index contributed by atoms with van der Waals surface area (Å²) >= 11 is 0. The summed E-state index contributed by atoms with van der Waals surface area (Å²) < 4.78 is 6.07. The minimum atomic E-state index is 0. The molecular weight excluding hydrogens is 489 g/mol. The van der Waals surface area contributed by atoms with E-state index in [-0.39, 0.29) is 24.0 Å². The van der Waals surface area contributed by atoms with E-state index in [1.807, 2.05) is 13.1 Å². The number of halogens is 1. The summed E-state index contributed by atoms with van der Waals surface area (Å²) in [5.74, 6) is 1.82. The number of nitrogens with one attached hydrogen (secondary N) is 2. The van der Waals surface area contributed by atoms with Crippen molar-refractivity contribution in [3.63, 3.8) is 0 Å². The van der Waals surface area contributed by atoms with Gasteiger partial charge >= 0.3 is 0 Å². The summed E-state index contributed by atoms with van der Waals surface area (Å²) in [6.45, 7) is 15.7. The fourth-order valence-corrected chi connectivity index (χ4v) is 3.74. The predicted molar refractivity (Wildman–Crippen MR) is 138 cm³/mol. The molecule has 172 valence electrons. The Hall–Kier alpha value is -1.06. The Morgan fingerprint density at radius 2 is 1.87 bits per heavy atom. The number of likely N-dealkylation sites (tertiary alicyclic amines) is 1. The number of rotatable bonds is 10. The van der Waals surface area contributed by atoms with Crippen LogP contribution >= 0.6 is 24.0 Å². The third-order valence-corrected chi connectivity index (χ3v) is 5.80. The Morgan fingerprint density at radius 3 is 2.47 bits per heavy atom. The molecule has 30 heavy (non-hydrogen) atoms. The summed E-state index contributed by atoms with van der Waals surface area (Å²) in [7, 11) is 1.84. The zero-order valence-electron chi connectivity index (χ0n) is 19.5. The Bertz CT molecular complexity index is 613. The number of benzene rings is 1. The Morgan fingerprint density at radius 1 is 1.20 bits per heavy atom. The molecule has 2 rings (SSSR count). The van der Waals surface area contributed by atoms with Crippen LogP contribution in [0, 0.1) is 0 Å². The number of aliphatic imine (C=N–C) groups is 1. The van der Waals surface area contributed by atoms with Gasteiger partial charge < -0.3 is 25.2 Å². The Labute approximate surface area is 200 Å². The lowest BCUT2D eigenvalue weighted by Crippen LogP contribution is -2.49. The number of guanidine groups is 1. The highest BCUT2D eigenvalue weighted by Gasteiger charge is 2.21. The molecule has 7 heteroatoms. The highest BCUT2D eigenvalue weighted by molar-refractivity contribution is 14.0. The van der Waals surface area contributed by atoms with Crippen molar-refractivity contribution in [2.75, 3.05) is 46.4 Å². The van der Waals surface area contributed by atoms with Crippen LogP contribution in [0.1, 0.15) is 46.1 Å². The number of piperidine rings is 1. The van der Waals surface area contributed by atoms with E-state index < -0.39 is 0 Å². The first-order valence-electron chi connectivity index (χ1n) is 11.2. The van der Waals surface area contributed by atoms with Gasteiger partial charge in [0, 0.05) is 50.9 Å². The van der Waals surface area contributed by atoms with Gasteiger partial charge in [0.2, 0.25) is 0 Å². The zero-order chi connectivity index (χ0) is 21.1. The first-order chi connectivity index (χ1) is 14.1. The zero-order valence-corrected chi connectivity index (χ0v) is 21.8. The van der Waals surface area contributed by atoms with Gasteiger partial charge in [-0.1, -0.05) is 32.0 Å². The van der Waals surface area contributed by atoms with Crippen LogP contribution in [-0.4, -0.2) is 74.2 Å². The van der Waals surface area contributed by atoms with Crippen LogP contribution in [0.2, 0.25) is 0 Å². The summed E-state index contributed by atoms with van der Waals surface area (Å²) in [6, 6.07) is 9.38. The van der Waals surface area contributed by atoms with Crippen molar-refractivity contribution < 1.29 is 4.74 Å². The standard InChI is InChI=1S/C23H41N5O.HI/c1-6-27(7-2)16-17-29-22-11-9-8-10-20(22)18-25-23(24-5)26-21-12-14-28(15-13-21)19(3)4;/h8-11,19,21H,6-7,12-18H2,1-5H3,(H2,24,25,26);1H. The number of ether oxygens (including phenoxy) is 1. The van der Waals surface area contributed by atoms with E-state index >= 15 is 0 Å². The highest BCUT2D eigenvalue weighted by Crippen LogP contribution is 2.18. The van der Waals surface area contributed by atoms with Crippen molar-refractivity contribution in [1.82, 2.24) is 20.4 Å². The molecule has 1 aromatic carbocycles. The fraction of sp³-hybridized carbons (Fsp3) is 0.696. The monoisotopic (exact) mass is 531 g/mol. The number of para-hydroxylation sites is 1. The van der Waals surface area contributed by atoms with Crippen LogP contribution < -0.4 is 15.4 Å². The quantitative estimate of drug-likeness (QED) is 0.275. The highest BCUT2D eigenvalue weighted by atomic mass is 127. The average molecular weight is 532 g/mol. The Balaban J connectivity index is 0.00000450. The molecule has 0 aliphatic carbocycles. The molecule has 1 heterocycles. The largest absolute Gasteiger partial charge is 0.492 e. The molecule has 0 spiro atoms. The van der Waals surface area contributed by atoms with E-state index in [1.54, 1.807) is 0 Å². The first-order valence-corrected chi connectivity index (χ1v) is 11.2. The normalized spacial score (nSPS) is 15.9. The summed E-state index contributed by atoms with van der Waals surface area (Å²) in [5, 5.41) is 7.06. The van der Waals surface area contributed by atoms with E-state index in [0.717, 1.165) is 62.8 Å². The Kier molecular flexibility index (Phi) is 13.4. The molecule has 1 aliphatic heterocycles. The lowest BCUT2D eigenvalue weighted by atomic mass is 10.0. The number of nitrogens with zero attached hydrogens (tertiary/aromatic N) is 3. The predicted octanol–water partition coefficient (Wildman–Crippen LogP) is 3.56. The fourth-order valence-electron chi connectivity index (χ4n) is 3.74. The van der Waals surface area contributed by atoms with Crippen molar-refractivity contribution in [2.24, 2.45) is 4.99 Å². The van der Waals surface area contributed by atoms with Gasteiger partial charge in [0.05, 0.1) is 0 Å². The first kappa shape index (κ1) is 27.0. The van der Waals surface area contributed by atoms with Crippen molar-refractivity contribution in [3.8, 4) is 5.75 Å². The van der Waals surface area contributed by atoms with Crippen LogP contribution in [0.5, 0.6) is 5.75 Å². The van der Waals surface area contributed by atoms with Gasteiger partial charge in [-0.3, -0.25) is 4.99 Å². The third-order valence-electron chi connectivity index (χ3n) is 5.80. The van der Waals surface area contributed by atoms with Crippen LogP contribution in [0.4, 0.5) is 0 Å². The maximum atomic E-state index is 6.07. The molecule has 0 radical (unpaired) electrons. The number of hydrogen-bond donors (Lipinski definition) is 2. The van der Waals surface area contributed by atoms with Gasteiger partial charge in [-0.2, -0.15) is 0 Å². The van der Waals surface area contributed by atoms with E-state index in [9.17, 15) is 0 Å². The second-order valence-electron chi connectivity index (χ2n) is 7.96. The van der Waals surface area contributed by atoms with E-state index in [4.69, 9.17) is 4.74 Å². The van der Waals surface area contributed by atoms with Gasteiger partial charge in [0.1, 0.15) is 12.4 Å². The van der Waals surface area contributed by atoms with E-state index in [1.165, 1.54) is 0 Å². The lowest BCUT2D eigenvalue weighted by molar-refractivity contribution is 0.167.